The van der Waals surface area contributed by atoms with Crippen molar-refractivity contribution in [2.45, 2.75) is 13.0 Å². The molecule has 1 saturated heterocycles. The van der Waals surface area contributed by atoms with Gasteiger partial charge >= 0.3 is 0 Å². The lowest BCUT2D eigenvalue weighted by Gasteiger charge is -2.23. The van der Waals surface area contributed by atoms with Gasteiger partial charge in [-0.25, -0.2) is 0 Å². The molecule has 0 saturated carbocycles. The normalized spacial score (nSPS) is 19.3. The molecule has 7 nitrogen and oxygen atoms in total. The van der Waals surface area contributed by atoms with Crippen molar-refractivity contribution in [1.82, 2.24) is 10.3 Å². The minimum absolute atomic E-state index is 0.0660. The van der Waals surface area contributed by atoms with Gasteiger partial charge in [-0.05, 0) is 19.1 Å². The van der Waals surface area contributed by atoms with Gasteiger partial charge in [0.05, 0.1) is 29.2 Å². The highest BCUT2D eigenvalue weighted by molar-refractivity contribution is 6.60. The minimum Gasteiger partial charge on any atom is -0.401 e. The molecule has 1 aromatic rings. The fourth-order valence-electron chi connectivity index (χ4n) is 1.92. The van der Waals surface area contributed by atoms with Gasteiger partial charge in [-0.15, -0.1) is 0 Å². The lowest BCUT2D eigenvalue weighted by atomic mass is 10.2. The number of nitrogens with two attached hydrogens (primary N) is 1. The van der Waals surface area contributed by atoms with Gasteiger partial charge in [-0.2, -0.15) is 0 Å². The van der Waals surface area contributed by atoms with Gasteiger partial charge in [0.1, 0.15) is 11.8 Å². The number of hydrogen-bond acceptors (Lipinski definition) is 6. The summed E-state index contributed by atoms with van der Waals surface area (Å²) in [6, 6.07) is 3.49. The molecular weight excluding hydrogens is 306 g/mol. The molecule has 0 bridgehead atoms. The molecule has 0 aromatic carbocycles. The number of anilines is 1. The maximum Gasteiger partial charge on any atom is 0.275 e. The molecule has 1 fully saturated rings. The number of amides is 1. The Hall–Kier alpha value is -1.96. The number of aromatic nitrogens is 1. The molecule has 1 aliphatic heterocycles. The maximum atomic E-state index is 11.9. The van der Waals surface area contributed by atoms with Gasteiger partial charge in [0, 0.05) is 18.8 Å². The number of pyridine rings is 1. The Morgan fingerprint density at radius 3 is 2.91 bits per heavy atom. The summed E-state index contributed by atoms with van der Waals surface area (Å²) in [6.45, 7) is 3.71. The number of carbonyl (C=O) groups excluding carboxylic acids is 1. The number of carbonyl (C=O) groups is 1. The average molecular weight is 324 g/mol. The molecule has 0 aliphatic carbocycles. The number of allylic oxidation sites excluding steroid dienone is 1. The molecule has 2 heterocycles. The summed E-state index contributed by atoms with van der Waals surface area (Å²) < 4.78 is 5.60. The Morgan fingerprint density at radius 1 is 1.59 bits per heavy atom. The first-order chi connectivity index (χ1) is 10.5. The van der Waals surface area contributed by atoms with Crippen LogP contribution in [0.4, 0.5) is 5.69 Å². The monoisotopic (exact) mass is 323 g/mol. The van der Waals surface area contributed by atoms with Crippen LogP contribution in [0.15, 0.2) is 29.1 Å². The Balaban J connectivity index is 2.00. The van der Waals surface area contributed by atoms with Crippen LogP contribution in [0.2, 0.25) is 0 Å². The van der Waals surface area contributed by atoms with Crippen LogP contribution in [0.25, 0.3) is 0 Å². The molecule has 0 unspecified atom stereocenters. The summed E-state index contributed by atoms with van der Waals surface area (Å²) in [7, 11) is 0. The van der Waals surface area contributed by atoms with Crippen LogP contribution in [-0.4, -0.2) is 36.3 Å². The highest BCUT2D eigenvalue weighted by atomic mass is 35.5. The second-order valence-electron chi connectivity index (χ2n) is 4.86. The zero-order valence-corrected chi connectivity index (χ0v) is 12.9. The second-order valence-corrected chi connectivity index (χ2v) is 5.24. The van der Waals surface area contributed by atoms with E-state index >= 15 is 0 Å². The molecule has 1 amide bonds. The van der Waals surface area contributed by atoms with E-state index < -0.39 is 5.91 Å². The lowest BCUT2D eigenvalue weighted by Crippen LogP contribution is -2.33. The van der Waals surface area contributed by atoms with Crippen molar-refractivity contribution < 1.29 is 9.53 Å². The molecule has 1 aromatic heterocycles. The second kappa shape index (κ2) is 7.35. The van der Waals surface area contributed by atoms with Crippen molar-refractivity contribution in [3.05, 3.63) is 34.8 Å². The number of ether oxygens (including phenoxy) is 1. The van der Waals surface area contributed by atoms with Crippen molar-refractivity contribution in [3.8, 4) is 0 Å². The first kappa shape index (κ1) is 16.4. The van der Waals surface area contributed by atoms with Crippen molar-refractivity contribution in [3.63, 3.8) is 0 Å². The molecule has 22 heavy (non-hydrogen) atoms. The Kier molecular flexibility index (Phi) is 5.48. The first-order valence-corrected chi connectivity index (χ1v) is 7.17. The first-order valence-electron chi connectivity index (χ1n) is 6.79. The van der Waals surface area contributed by atoms with Crippen LogP contribution >= 0.6 is 11.6 Å². The zero-order valence-electron chi connectivity index (χ0n) is 12.1. The van der Waals surface area contributed by atoms with Gasteiger partial charge in [-0.1, -0.05) is 11.6 Å². The van der Waals surface area contributed by atoms with E-state index in [0.29, 0.717) is 18.8 Å². The highest BCUT2D eigenvalue weighted by Crippen LogP contribution is 2.18. The number of halogens is 1. The van der Waals surface area contributed by atoms with E-state index in [1.807, 2.05) is 0 Å². The largest absolute Gasteiger partial charge is 0.401 e. The van der Waals surface area contributed by atoms with Crippen molar-refractivity contribution in [2.75, 3.05) is 25.0 Å². The summed E-state index contributed by atoms with van der Waals surface area (Å²) in [5.74, 6) is -0.639. The topological polar surface area (TPSA) is 113 Å². The van der Waals surface area contributed by atoms with Gasteiger partial charge < -0.3 is 21.1 Å². The van der Waals surface area contributed by atoms with Crippen LogP contribution < -0.4 is 16.4 Å². The van der Waals surface area contributed by atoms with Gasteiger partial charge in [0.2, 0.25) is 0 Å². The molecule has 1 aliphatic rings. The number of nitrogens with zero attached hydrogens (tertiary/aromatic N) is 1. The summed E-state index contributed by atoms with van der Waals surface area (Å²) >= 11 is 5.78. The van der Waals surface area contributed by atoms with Crippen molar-refractivity contribution >= 4 is 28.9 Å². The third-order valence-corrected chi connectivity index (χ3v) is 3.58. The third-order valence-electron chi connectivity index (χ3n) is 3.09. The number of morpholine rings is 1. The Labute approximate surface area is 133 Å². The predicted octanol–water partition coefficient (Wildman–Crippen LogP) is 1.13. The van der Waals surface area contributed by atoms with Crippen LogP contribution in [0.5, 0.6) is 0 Å². The molecule has 2 rings (SSSR count). The van der Waals surface area contributed by atoms with Gasteiger partial charge in [0.15, 0.2) is 0 Å². The van der Waals surface area contributed by atoms with E-state index in [-0.39, 0.29) is 22.5 Å². The fraction of sp³-hybridized carbons (Fsp3) is 0.357. The predicted molar refractivity (Wildman–Crippen MR) is 84.9 cm³/mol. The SMILES string of the molecule is CC(N)=C(Cl)C(=N)C(=O)Nc1ccc([C@@H]2CNCCO2)nc1. The molecule has 1 atom stereocenters. The maximum absolute atomic E-state index is 11.9. The molecule has 5 N–H and O–H groups in total. The molecular formula is C14H18ClN5O2. The molecule has 8 heteroatoms. The van der Waals surface area contributed by atoms with Gasteiger partial charge in [0.25, 0.3) is 5.91 Å². The van der Waals surface area contributed by atoms with E-state index in [2.05, 4.69) is 15.6 Å². The van der Waals surface area contributed by atoms with Crippen LogP contribution in [-0.2, 0) is 9.53 Å². The quantitative estimate of drug-likeness (QED) is 0.620. The molecule has 0 spiro atoms. The van der Waals surface area contributed by atoms with Crippen LogP contribution in [0.3, 0.4) is 0 Å². The molecule has 118 valence electrons. The van der Waals surface area contributed by atoms with Crippen LogP contribution in [0, 0.1) is 5.41 Å². The zero-order chi connectivity index (χ0) is 16.1. The van der Waals surface area contributed by atoms with E-state index in [1.54, 1.807) is 12.1 Å². The summed E-state index contributed by atoms with van der Waals surface area (Å²) in [5, 5.41) is 13.4. The number of rotatable bonds is 4. The van der Waals surface area contributed by atoms with Crippen molar-refractivity contribution in [2.24, 2.45) is 5.73 Å². The summed E-state index contributed by atoms with van der Waals surface area (Å²) in [5.41, 5.74) is 6.56. The van der Waals surface area contributed by atoms with Crippen molar-refractivity contribution in [1.29, 1.82) is 5.41 Å². The minimum atomic E-state index is -0.639. The van der Waals surface area contributed by atoms with E-state index in [1.165, 1.54) is 13.1 Å². The van der Waals surface area contributed by atoms with E-state index in [4.69, 9.17) is 27.5 Å². The smallest absolute Gasteiger partial charge is 0.275 e. The molecule has 0 radical (unpaired) electrons. The highest BCUT2D eigenvalue weighted by Gasteiger charge is 2.18. The lowest BCUT2D eigenvalue weighted by molar-refractivity contribution is -0.110. The number of hydrogen-bond donors (Lipinski definition) is 4. The third kappa shape index (κ3) is 4.03. The number of nitrogens with one attached hydrogen (secondary N) is 3. The Bertz CT molecular complexity index is 590. The average Bonchev–Trinajstić information content (AvgIpc) is 2.54. The Morgan fingerprint density at radius 2 is 2.36 bits per heavy atom. The fourth-order valence-corrected chi connectivity index (χ4v) is 2.00. The summed E-state index contributed by atoms with van der Waals surface area (Å²) in [4.78, 5) is 16.1. The van der Waals surface area contributed by atoms with Crippen LogP contribution in [0.1, 0.15) is 18.7 Å². The van der Waals surface area contributed by atoms with E-state index in [0.717, 1.165) is 12.2 Å². The standard InChI is InChI=1S/C14H18ClN5O2/c1-8(16)12(15)13(17)14(21)20-9-2-3-10(19-6-9)11-7-18-4-5-22-11/h2-3,6,11,17-18H,4-5,7,16H2,1H3,(H,20,21)/t11-/m0/s1. The van der Waals surface area contributed by atoms with Gasteiger partial charge in [-0.3, -0.25) is 15.2 Å². The van der Waals surface area contributed by atoms with E-state index in [9.17, 15) is 4.79 Å². The summed E-state index contributed by atoms with van der Waals surface area (Å²) in [6.07, 6.45) is 1.43.